The molecule has 10 rings (SSSR count). The van der Waals surface area contributed by atoms with Crippen LogP contribution in [0.1, 0.15) is 154 Å². The van der Waals surface area contributed by atoms with Crippen molar-refractivity contribution in [3.05, 3.63) is 230 Å². The molecule has 131 heavy (non-hydrogen) atoms. The number of aromatic carboxylic acids is 2. The number of ether oxygens (including phenoxy) is 7. The van der Waals surface area contributed by atoms with Crippen molar-refractivity contribution in [2.75, 3.05) is 108 Å². The third kappa shape index (κ3) is 48.3. The Morgan fingerprint density at radius 1 is 0.542 bits per heavy atom. The Bertz CT molecular complexity index is 5050. The van der Waals surface area contributed by atoms with Crippen molar-refractivity contribution >= 4 is 193 Å². The maximum atomic E-state index is 12.0. The molecular formula is C84H107AlCl6LiN18O21+. The quantitative estimate of drug-likeness (QED) is 0.00456. The molecule has 0 saturated carbocycles. The first-order chi connectivity index (χ1) is 60.5. The van der Waals surface area contributed by atoms with Gasteiger partial charge in [-0.25, -0.2) is 83.2 Å². The summed E-state index contributed by atoms with van der Waals surface area (Å²) in [4.78, 5) is 161. The van der Waals surface area contributed by atoms with E-state index in [1.807, 2.05) is 50.4 Å². The van der Waals surface area contributed by atoms with Crippen LogP contribution in [-0.4, -0.2) is 261 Å². The van der Waals surface area contributed by atoms with Gasteiger partial charge in [0.25, 0.3) is 5.24 Å². The van der Waals surface area contributed by atoms with Crippen LogP contribution in [0.15, 0.2) is 165 Å². The number of pyridine rings is 9. The van der Waals surface area contributed by atoms with Crippen LogP contribution in [0.3, 0.4) is 0 Å². The minimum atomic E-state index is -1.06. The molecule has 39 nitrogen and oxygen atoms in total. The van der Waals surface area contributed by atoms with E-state index in [4.69, 9.17) is 120 Å². The van der Waals surface area contributed by atoms with Gasteiger partial charge in [0.15, 0.2) is 22.9 Å². The van der Waals surface area contributed by atoms with Crippen molar-refractivity contribution in [3.8, 4) is 0 Å². The topological polar surface area (TPSA) is 530 Å². The van der Waals surface area contributed by atoms with Crippen LogP contribution in [0.2, 0.25) is 15.5 Å². The Kier molecular flexibility index (Phi) is 58.1. The number of alkyl halides is 1. The van der Waals surface area contributed by atoms with Crippen molar-refractivity contribution in [1.29, 1.82) is 0 Å². The third-order valence-electron chi connectivity index (χ3n) is 14.6. The first-order valence-electron chi connectivity index (χ1n) is 37.6. The predicted molar refractivity (Wildman–Crippen MR) is 498 cm³/mol. The molecule has 0 fully saturated rings. The average molecular weight is 1950 g/mol. The Labute approximate surface area is 811 Å². The summed E-state index contributed by atoms with van der Waals surface area (Å²) in [5.74, 6) is -2.57. The number of rotatable bonds is 18. The van der Waals surface area contributed by atoms with E-state index >= 15 is 0 Å². The Morgan fingerprint density at radius 2 is 0.916 bits per heavy atom. The Balaban J connectivity index is -0.00000143. The molecule has 1 aliphatic rings. The smallest absolute Gasteiger partial charge is 1.00 e. The number of hydrogen-bond donors (Lipinski definition) is 8. The number of nitrogens with one attached hydrogen (secondary N) is 3. The maximum absolute atomic E-state index is 12.0. The Morgan fingerprint density at radius 3 is 1.27 bits per heavy atom. The standard InChI is InChI=1S/C18H26ClN3O6.C11H16N2O2.C10H12ClNO2.C8H8N2O3.C7H8N2O2.C7H10N2O.C6H3Cl2NO.C6H4ClNO2.C6H6N2O2.C5H10ClN2.Al.Li.4H/c1-12(19)27-17(25)22(6)15-13(8-7-9-20-15)11-26-14(23)10-21(5)16(24)28-18(2,3)4;1-11(2,3)15-10(14)8-6-5-7-13-9(8)12-4;1-10(2,3)14-9(13)7-5-4-6-12-8(7)11;1-13-8(12)6-3-2-4-9-7(6)10-5-11;1-11-7(10)5-3-2-4-9-6(5)8;1-8-7-6(5-10)3-2-4-9-7;7-5-4(6(8)10)2-1-3-9-5;2*7-5-4(6(9)10)2-1-3-8-5;1-7-3-4-8(2)5(7)6;;;;;;/h7-9,12H,10-11H2,1-6H3;5-7H,1-4H3,(H,12,13);4-6H,1-3H3;2-5H,1H3,(H,9,10,11);2-4H,1H3,(H2,8,9);2-4,10H,5H2,1H3,(H,8,9);1-3H;1-3H,(H,9,10);1-3H,(H2,7,8)(H,9,10);3-4H2,1-2H3;;;;;;/q;;;;;;;;;+1;;+1;;;;-1. The minimum absolute atomic E-state index is 0. The fraction of sp³-hybridized carbons (Fsp3) is 0.321. The number of amides is 3. The molecule has 0 bridgehead atoms. The van der Waals surface area contributed by atoms with Gasteiger partial charge in [-0.1, -0.05) is 58.5 Å². The molecule has 9 aromatic heterocycles. The monoisotopic (exact) mass is 1950 g/mol. The van der Waals surface area contributed by atoms with Gasteiger partial charge in [-0.3, -0.25) is 28.8 Å². The van der Waals surface area contributed by atoms with Gasteiger partial charge < -0.3 is 82.2 Å². The fourth-order valence-electron chi connectivity index (χ4n) is 8.72. The van der Waals surface area contributed by atoms with Gasteiger partial charge in [0, 0.05) is 107 Å². The second-order valence-corrected chi connectivity index (χ2v) is 30.5. The summed E-state index contributed by atoms with van der Waals surface area (Å²) in [5.41, 5.74) is 11.0. The van der Waals surface area contributed by atoms with Crippen molar-refractivity contribution in [1.82, 2.24) is 54.7 Å². The van der Waals surface area contributed by atoms with E-state index in [1.54, 1.807) is 135 Å². The molecule has 0 aromatic carbocycles. The first-order valence-corrected chi connectivity index (χ1v) is 40.0. The van der Waals surface area contributed by atoms with E-state index in [1.165, 1.54) is 115 Å². The van der Waals surface area contributed by atoms with Crippen LogP contribution in [0.5, 0.6) is 0 Å². The molecule has 704 valence electrons. The van der Waals surface area contributed by atoms with Gasteiger partial charge in [0.05, 0.1) is 51.6 Å². The first kappa shape index (κ1) is 121. The second-order valence-electron chi connectivity index (χ2n) is 28.1. The number of carboxylic acid groups (broad SMARTS) is 2. The van der Waals surface area contributed by atoms with Crippen molar-refractivity contribution in [2.24, 2.45) is 0 Å². The molecule has 0 saturated heterocycles. The number of aromatic nitrogens is 9. The van der Waals surface area contributed by atoms with E-state index in [2.05, 4.69) is 70.3 Å². The van der Waals surface area contributed by atoms with Gasteiger partial charge >= 0.3 is 78.1 Å². The predicted octanol–water partition coefficient (Wildman–Crippen LogP) is 9.43. The second kappa shape index (κ2) is 62.9. The number of hydrogen-bond acceptors (Lipinski definition) is 33. The number of aliphatic hydroxyl groups is 1. The van der Waals surface area contributed by atoms with Crippen molar-refractivity contribution in [2.45, 2.75) is 105 Å². The summed E-state index contributed by atoms with van der Waals surface area (Å²) in [6, 6.07) is 28.8. The zero-order valence-corrected chi connectivity index (χ0v) is 79.2. The molecule has 0 radical (unpaired) electrons. The van der Waals surface area contributed by atoms with Gasteiger partial charge in [-0.2, -0.15) is 0 Å². The molecule has 0 aliphatic carbocycles. The molecule has 10 heterocycles. The molecule has 3 amide bonds. The number of aliphatic hydroxyl groups excluding tert-OH is 1. The van der Waals surface area contributed by atoms with Crippen LogP contribution in [0.25, 0.3) is 0 Å². The van der Waals surface area contributed by atoms with E-state index in [0.29, 0.717) is 34.5 Å². The van der Waals surface area contributed by atoms with E-state index in [0.717, 1.165) is 39.6 Å². The van der Waals surface area contributed by atoms with Crippen molar-refractivity contribution in [3.63, 3.8) is 0 Å². The number of esters is 5. The fourth-order valence-corrected chi connectivity index (χ4v) is 9.77. The summed E-state index contributed by atoms with van der Waals surface area (Å²) in [7, 11) is 12.9. The largest absolute Gasteiger partial charge is 1.00 e. The molecule has 1 unspecified atom stereocenters. The number of carbonyl (C=O) groups excluding carboxylic acids is 9. The molecule has 1 aliphatic heterocycles. The number of methoxy groups -OCH3 is 2. The van der Waals surface area contributed by atoms with Crippen LogP contribution in [-0.2, 0) is 56.0 Å². The number of halogens is 6. The van der Waals surface area contributed by atoms with Crippen LogP contribution < -0.4 is 51.2 Å². The van der Waals surface area contributed by atoms with E-state index in [-0.39, 0.29) is 124 Å². The normalized spacial score (nSPS) is 10.8. The van der Waals surface area contributed by atoms with Gasteiger partial charge in [0.1, 0.15) is 116 Å². The van der Waals surface area contributed by atoms with Crippen LogP contribution in [0, 0.1) is 0 Å². The summed E-state index contributed by atoms with van der Waals surface area (Å²) >= 11 is 33.3. The number of anilines is 6. The molecule has 10 N–H and O–H groups in total. The number of nitrogens with two attached hydrogens (primary N) is 2. The number of carboxylic acids is 2. The van der Waals surface area contributed by atoms with E-state index in [9.17, 15) is 52.7 Å². The number of likely N-dealkylation sites (N-methyl/N-ethyl adjacent to an activating group) is 3. The summed E-state index contributed by atoms with van der Waals surface area (Å²) < 4.78 is 36.6. The molecule has 9 aromatic rings. The van der Waals surface area contributed by atoms with Crippen LogP contribution in [0.4, 0.5) is 44.5 Å². The number of carbonyl (C=O) groups is 11. The van der Waals surface area contributed by atoms with Crippen LogP contribution >= 0.6 is 69.6 Å². The van der Waals surface area contributed by atoms with E-state index < -0.39 is 75.6 Å². The SMILES string of the molecule is CC(C)(C)OC(=O)c1cccnc1Cl.CC(Cl)OC(=O)N(C)c1ncccc1COC(=O)CN(C)C(=O)OC(C)(C)C.CN1CC[N+](C)=C1Cl.CNc1ncccc1C(=O)OC(C)(C)C.CNc1ncccc1CO.COC(=O)c1cccnc1N.COC(=O)c1cccnc1NC=O.Nc1ncccc1C(=O)O.O=C(Cl)c1cccnc1Cl.O=C(O)c1cccnc1Cl.[AlH3].[H-].[Li+]. The summed E-state index contributed by atoms with van der Waals surface area (Å²) in [6.45, 7) is 19.3. The Hall–Kier alpha value is -12.2. The molecule has 1 atom stereocenters. The van der Waals surface area contributed by atoms with Crippen molar-refractivity contribution < 1.29 is 126 Å². The molecule has 0 spiro atoms. The summed E-state index contributed by atoms with van der Waals surface area (Å²) in [6.07, 6.45) is 12.8. The number of nitrogen functional groups attached to an aromatic ring is 2. The van der Waals surface area contributed by atoms with Gasteiger partial charge in [-0.15, -0.1) is 0 Å². The third-order valence-corrected chi connectivity index (χ3v) is 16.4. The van der Waals surface area contributed by atoms with Gasteiger partial charge in [-0.05, 0) is 178 Å². The minimum Gasteiger partial charge on any atom is -1.00 e. The average Bonchev–Trinajstić information content (AvgIpc) is 1.00. The number of amidine groups is 1. The van der Waals surface area contributed by atoms with Gasteiger partial charge in [0.2, 0.25) is 6.41 Å². The zero-order valence-electron chi connectivity index (χ0n) is 75.7. The maximum Gasteiger partial charge on any atom is 1.00 e. The zero-order chi connectivity index (χ0) is 97.9. The molecule has 47 heteroatoms. The number of nitrogens with zero attached hydrogens (tertiary/aromatic N) is 13. The summed E-state index contributed by atoms with van der Waals surface area (Å²) in [5, 5.41) is 34.3. The molecular weight excluding hydrogens is 1840 g/mol.